The number of benzene rings is 1. The largest absolute Gasteiger partial charge is 0.487 e. The zero-order valence-electron chi connectivity index (χ0n) is 21.4. The second-order valence-corrected chi connectivity index (χ2v) is 10.3. The minimum absolute atomic E-state index is 0.420. The van der Waals surface area contributed by atoms with E-state index in [1.54, 1.807) is 18.0 Å². The molecular weight excluding hydrogens is 466 g/mol. The first-order valence-corrected chi connectivity index (χ1v) is 13.4. The number of pyridine rings is 1. The molecule has 0 fully saturated rings. The molecule has 1 aliphatic rings. The van der Waals surface area contributed by atoms with E-state index in [9.17, 15) is 0 Å². The third-order valence-electron chi connectivity index (χ3n) is 5.93. The van der Waals surface area contributed by atoms with E-state index in [1.807, 2.05) is 30.6 Å². The molecule has 7 heteroatoms. The van der Waals surface area contributed by atoms with Crippen LogP contribution in [0.25, 0.3) is 5.69 Å². The van der Waals surface area contributed by atoms with Gasteiger partial charge in [-0.1, -0.05) is 35.8 Å². The summed E-state index contributed by atoms with van der Waals surface area (Å²) in [7, 11) is 4.14. The van der Waals surface area contributed by atoms with Crippen molar-refractivity contribution in [1.82, 2.24) is 24.8 Å². The van der Waals surface area contributed by atoms with Crippen LogP contribution in [0.5, 0.6) is 5.75 Å². The molecule has 188 valence electrons. The highest BCUT2D eigenvalue weighted by molar-refractivity contribution is 7.99. The summed E-state index contributed by atoms with van der Waals surface area (Å²) in [5.74, 6) is 7.30. The number of hydrogen-bond acceptors (Lipinski definition) is 6. The number of ether oxygens (including phenoxy) is 1. The maximum absolute atomic E-state index is 6.20. The number of rotatable bonds is 10. The Balaban J connectivity index is 1.42. The van der Waals surface area contributed by atoms with E-state index in [4.69, 9.17) is 9.72 Å². The van der Waals surface area contributed by atoms with E-state index in [1.165, 1.54) is 19.3 Å². The van der Waals surface area contributed by atoms with Crippen molar-refractivity contribution < 1.29 is 4.74 Å². The van der Waals surface area contributed by atoms with Gasteiger partial charge in [0.25, 0.3) is 0 Å². The lowest BCUT2D eigenvalue weighted by Crippen LogP contribution is -2.26. The van der Waals surface area contributed by atoms with Crippen LogP contribution in [0.3, 0.4) is 0 Å². The molecular formula is C29H35N5OS. The van der Waals surface area contributed by atoms with Crippen LogP contribution in [0.4, 0.5) is 0 Å². The molecule has 1 N–H and O–H groups in total. The zero-order valence-corrected chi connectivity index (χ0v) is 22.2. The van der Waals surface area contributed by atoms with Crippen LogP contribution in [0.1, 0.15) is 36.1 Å². The Morgan fingerprint density at radius 2 is 2.17 bits per heavy atom. The third kappa shape index (κ3) is 7.47. The molecule has 2 aromatic heterocycles. The lowest BCUT2D eigenvalue weighted by Gasteiger charge is -2.17. The van der Waals surface area contributed by atoms with Crippen molar-refractivity contribution in [2.75, 3.05) is 33.7 Å². The van der Waals surface area contributed by atoms with Gasteiger partial charge in [0, 0.05) is 30.1 Å². The van der Waals surface area contributed by atoms with Crippen molar-refractivity contribution in [1.29, 1.82) is 0 Å². The Kier molecular flexibility index (Phi) is 9.62. The summed E-state index contributed by atoms with van der Waals surface area (Å²) in [6.45, 7) is 5.11. The maximum Gasteiger partial charge on any atom is 0.173 e. The highest BCUT2D eigenvalue weighted by Crippen LogP contribution is 2.32. The summed E-state index contributed by atoms with van der Waals surface area (Å²) in [6, 6.07) is 10.1. The van der Waals surface area contributed by atoms with E-state index < -0.39 is 0 Å². The normalized spacial score (nSPS) is 15.1. The van der Waals surface area contributed by atoms with Crippen molar-refractivity contribution in [3.8, 4) is 23.3 Å². The minimum atomic E-state index is 0.420. The number of thioether (sulfide) groups is 1. The number of imidazole rings is 1. The fraction of sp³-hybridized carbons (Fsp3) is 0.379. The molecule has 1 unspecified atom stereocenters. The Morgan fingerprint density at radius 1 is 1.25 bits per heavy atom. The molecule has 0 saturated carbocycles. The molecule has 2 heterocycles. The molecule has 0 amide bonds. The summed E-state index contributed by atoms with van der Waals surface area (Å²) >= 11 is 1.81. The van der Waals surface area contributed by atoms with Gasteiger partial charge in [0.1, 0.15) is 12.4 Å². The van der Waals surface area contributed by atoms with Gasteiger partial charge in [-0.05, 0) is 76.2 Å². The molecule has 1 atom stereocenters. The van der Waals surface area contributed by atoms with E-state index in [0.29, 0.717) is 18.4 Å². The van der Waals surface area contributed by atoms with Crippen molar-refractivity contribution in [2.24, 2.45) is 0 Å². The number of aromatic nitrogens is 3. The number of nitrogens with zero attached hydrogens (tertiary/aromatic N) is 4. The van der Waals surface area contributed by atoms with Crippen LogP contribution in [0.15, 0.2) is 66.2 Å². The third-order valence-corrected chi connectivity index (χ3v) is 7.12. The maximum atomic E-state index is 6.20. The molecule has 0 bridgehead atoms. The van der Waals surface area contributed by atoms with Gasteiger partial charge in [0.2, 0.25) is 0 Å². The molecule has 1 aromatic carbocycles. The molecule has 3 aromatic rings. The number of nitrogens with one attached hydrogen (secondary N) is 1. The summed E-state index contributed by atoms with van der Waals surface area (Å²) in [6.07, 6.45) is 13.7. The van der Waals surface area contributed by atoms with Gasteiger partial charge in [-0.25, -0.2) is 4.98 Å². The van der Waals surface area contributed by atoms with Gasteiger partial charge in [0.05, 0.1) is 30.3 Å². The molecule has 1 aliphatic carbocycles. The van der Waals surface area contributed by atoms with Crippen LogP contribution in [-0.4, -0.2) is 58.4 Å². The second kappa shape index (κ2) is 13.3. The second-order valence-electron chi connectivity index (χ2n) is 9.14. The quantitative estimate of drug-likeness (QED) is 0.243. The van der Waals surface area contributed by atoms with Gasteiger partial charge in [-0.2, -0.15) is 0 Å². The summed E-state index contributed by atoms with van der Waals surface area (Å²) in [5.41, 5.74) is 4.12. The summed E-state index contributed by atoms with van der Waals surface area (Å²) in [4.78, 5) is 11.2. The summed E-state index contributed by atoms with van der Waals surface area (Å²) < 4.78 is 8.37. The average Bonchev–Trinajstić information content (AvgIpc) is 3.29. The number of aryl methyl sites for hydroxylation is 1. The van der Waals surface area contributed by atoms with Gasteiger partial charge in [-0.3, -0.25) is 9.55 Å². The Morgan fingerprint density at radius 3 is 2.92 bits per heavy atom. The smallest absolute Gasteiger partial charge is 0.173 e. The molecule has 6 nitrogen and oxygen atoms in total. The lowest BCUT2D eigenvalue weighted by atomic mass is 10.1. The minimum Gasteiger partial charge on any atom is -0.487 e. The van der Waals surface area contributed by atoms with Gasteiger partial charge < -0.3 is 15.0 Å². The predicted octanol–water partition coefficient (Wildman–Crippen LogP) is 4.86. The molecule has 0 saturated heterocycles. The Labute approximate surface area is 219 Å². The van der Waals surface area contributed by atoms with Gasteiger partial charge >= 0.3 is 0 Å². The number of hydrogen-bond donors (Lipinski definition) is 1. The molecule has 0 spiro atoms. The van der Waals surface area contributed by atoms with Crippen LogP contribution < -0.4 is 10.1 Å². The first kappa shape index (κ1) is 26.0. The lowest BCUT2D eigenvalue weighted by molar-refractivity contribution is 0.298. The molecule has 36 heavy (non-hydrogen) atoms. The van der Waals surface area contributed by atoms with Crippen LogP contribution >= 0.6 is 11.8 Å². The van der Waals surface area contributed by atoms with Crippen LogP contribution in [0.2, 0.25) is 0 Å². The first-order chi connectivity index (χ1) is 17.6. The average molecular weight is 502 g/mol. The van der Waals surface area contributed by atoms with Gasteiger partial charge in [-0.15, -0.1) is 0 Å². The van der Waals surface area contributed by atoms with E-state index in [0.717, 1.165) is 46.5 Å². The first-order valence-electron chi connectivity index (χ1n) is 12.5. The van der Waals surface area contributed by atoms with Crippen molar-refractivity contribution in [2.45, 2.75) is 43.2 Å². The molecule has 0 radical (unpaired) electrons. The standard InChI is InChI=1S/C29H35N5OS/c1-23-19-27(14-13-24(23)9-7-15-30-17-18-33(2)3)35-22-26-21-32-29(36-28-11-5-4-6-12-28)34(26)25-10-8-16-31-20-25/h5,8,10-11,13-14,16,19-21,28,30H,4,6,12,15,17-18,22H2,1-3H3. The van der Waals surface area contributed by atoms with Crippen molar-refractivity contribution in [3.05, 3.63) is 77.9 Å². The van der Waals surface area contributed by atoms with Gasteiger partial charge in [0.15, 0.2) is 5.16 Å². The number of allylic oxidation sites excluding steroid dienone is 1. The highest BCUT2D eigenvalue weighted by atomic mass is 32.2. The molecule has 4 rings (SSSR count). The fourth-order valence-corrected chi connectivity index (χ4v) is 5.13. The Bertz CT molecular complexity index is 1210. The van der Waals surface area contributed by atoms with Crippen molar-refractivity contribution in [3.63, 3.8) is 0 Å². The van der Waals surface area contributed by atoms with Crippen LogP contribution in [0, 0.1) is 18.8 Å². The summed E-state index contributed by atoms with van der Waals surface area (Å²) in [5, 5.41) is 4.76. The fourth-order valence-electron chi connectivity index (χ4n) is 3.95. The highest BCUT2D eigenvalue weighted by Gasteiger charge is 2.18. The predicted molar refractivity (Wildman–Crippen MR) is 148 cm³/mol. The SMILES string of the molecule is Cc1cc(OCc2cnc(SC3C=CCCC3)n2-c2cccnc2)ccc1C#CCNCCN(C)C. The monoisotopic (exact) mass is 501 g/mol. The topological polar surface area (TPSA) is 55.2 Å². The number of likely N-dealkylation sites (N-methyl/N-ethyl adjacent to an activating group) is 1. The van der Waals surface area contributed by atoms with Crippen LogP contribution in [-0.2, 0) is 6.61 Å². The van der Waals surface area contributed by atoms with E-state index in [2.05, 4.69) is 76.9 Å². The van der Waals surface area contributed by atoms with E-state index >= 15 is 0 Å². The Hall–Kier alpha value is -3.05. The van der Waals surface area contributed by atoms with E-state index in [-0.39, 0.29) is 0 Å². The molecule has 0 aliphatic heterocycles. The van der Waals surface area contributed by atoms with Crippen molar-refractivity contribution >= 4 is 11.8 Å². The zero-order chi connectivity index (χ0) is 25.2.